The van der Waals surface area contributed by atoms with E-state index in [1.807, 2.05) is 54.6 Å². The summed E-state index contributed by atoms with van der Waals surface area (Å²) >= 11 is 3.35. The molecule has 5 nitrogen and oxygen atoms in total. The summed E-state index contributed by atoms with van der Waals surface area (Å²) in [6.07, 6.45) is 0.688. The Morgan fingerprint density at radius 3 is 2.39 bits per heavy atom. The Morgan fingerprint density at radius 1 is 0.968 bits per heavy atom. The third-order valence-electron chi connectivity index (χ3n) is 5.49. The van der Waals surface area contributed by atoms with Crippen molar-refractivity contribution in [3.8, 4) is 0 Å². The molecule has 3 aromatic rings. The molecule has 1 aliphatic heterocycles. The maximum atomic E-state index is 13.5. The zero-order valence-electron chi connectivity index (χ0n) is 16.9. The lowest BCUT2D eigenvalue weighted by molar-refractivity contribution is -0.122. The number of hydrogen-bond donors (Lipinski definition) is 1. The van der Waals surface area contributed by atoms with Crippen LogP contribution >= 0.6 is 15.9 Å². The molecule has 1 heterocycles. The number of nitrogens with zero attached hydrogens (tertiary/aromatic N) is 1. The average molecular weight is 499 g/mol. The summed E-state index contributed by atoms with van der Waals surface area (Å²) in [5.74, 6) is -0.179. The lowest BCUT2D eigenvalue weighted by Crippen LogP contribution is -2.42. The van der Waals surface area contributed by atoms with Gasteiger partial charge in [-0.15, -0.1) is 0 Å². The molecule has 160 valence electrons. The molecule has 0 bridgehead atoms. The van der Waals surface area contributed by atoms with Crippen molar-refractivity contribution in [2.45, 2.75) is 30.3 Å². The summed E-state index contributed by atoms with van der Waals surface area (Å²) in [4.78, 5) is 13.0. The second kappa shape index (κ2) is 9.34. The van der Waals surface area contributed by atoms with Crippen LogP contribution in [0.25, 0.3) is 0 Å². The van der Waals surface area contributed by atoms with Crippen molar-refractivity contribution in [1.29, 1.82) is 0 Å². The Kier molecular flexibility index (Phi) is 6.55. The van der Waals surface area contributed by atoms with E-state index in [4.69, 9.17) is 0 Å². The van der Waals surface area contributed by atoms with Gasteiger partial charge in [-0.1, -0.05) is 70.5 Å². The van der Waals surface area contributed by atoms with Gasteiger partial charge in [0.05, 0.1) is 10.9 Å². The van der Waals surface area contributed by atoms with Gasteiger partial charge in [0, 0.05) is 24.0 Å². The number of carbonyl (C=O) groups excluding carboxylic acids is 1. The van der Waals surface area contributed by atoms with Gasteiger partial charge in [0.25, 0.3) is 0 Å². The molecular weight excluding hydrogens is 476 g/mol. The van der Waals surface area contributed by atoms with Gasteiger partial charge in [-0.3, -0.25) is 4.79 Å². The molecule has 1 amide bonds. The van der Waals surface area contributed by atoms with E-state index in [2.05, 4.69) is 21.2 Å². The molecule has 0 saturated heterocycles. The number of halogens is 1. The Morgan fingerprint density at radius 2 is 1.65 bits per heavy atom. The van der Waals surface area contributed by atoms with E-state index < -0.39 is 16.1 Å². The molecular formula is C24H23BrN2O3S. The predicted octanol–water partition coefficient (Wildman–Crippen LogP) is 4.44. The molecule has 1 N–H and O–H groups in total. The van der Waals surface area contributed by atoms with Crippen LogP contribution in [0.3, 0.4) is 0 Å². The lowest BCUT2D eigenvalue weighted by Gasteiger charge is -2.36. The topological polar surface area (TPSA) is 66.5 Å². The summed E-state index contributed by atoms with van der Waals surface area (Å²) in [7, 11) is -3.75. The van der Waals surface area contributed by atoms with Crippen molar-refractivity contribution < 1.29 is 13.2 Å². The van der Waals surface area contributed by atoms with Crippen molar-refractivity contribution in [3.05, 3.63) is 100 Å². The van der Waals surface area contributed by atoms with Gasteiger partial charge in [0.2, 0.25) is 15.9 Å². The predicted molar refractivity (Wildman–Crippen MR) is 124 cm³/mol. The number of carbonyl (C=O) groups is 1. The summed E-state index contributed by atoms with van der Waals surface area (Å²) in [6.45, 7) is 0.750. The summed E-state index contributed by atoms with van der Waals surface area (Å²) < 4.78 is 29.2. The molecule has 0 aliphatic carbocycles. The quantitative estimate of drug-likeness (QED) is 0.546. The molecule has 4 rings (SSSR count). The minimum absolute atomic E-state index is 0.0691. The molecule has 31 heavy (non-hydrogen) atoms. The molecule has 1 atom stereocenters. The molecule has 0 spiro atoms. The van der Waals surface area contributed by atoms with Crippen molar-refractivity contribution in [1.82, 2.24) is 9.62 Å². The van der Waals surface area contributed by atoms with Gasteiger partial charge in [-0.2, -0.15) is 4.31 Å². The summed E-state index contributed by atoms with van der Waals surface area (Å²) in [6, 6.07) is 23.5. The molecule has 1 unspecified atom stereocenters. The van der Waals surface area contributed by atoms with Gasteiger partial charge < -0.3 is 5.32 Å². The third-order valence-corrected chi connectivity index (χ3v) is 7.95. The van der Waals surface area contributed by atoms with Gasteiger partial charge in [-0.25, -0.2) is 8.42 Å². The number of nitrogens with one attached hydrogen (secondary N) is 1. The fourth-order valence-electron chi connectivity index (χ4n) is 3.91. The lowest BCUT2D eigenvalue weighted by atomic mass is 9.92. The standard InChI is InChI=1S/C24H23BrN2O3S/c25-20-10-12-21(13-11-20)31(29,30)27-15-14-19-8-4-5-9-22(19)23(27)16-24(28)26-17-18-6-2-1-3-7-18/h1-13,23H,14-17H2,(H,26,28). The van der Waals surface area contributed by atoms with Crippen LogP contribution in [0, 0.1) is 0 Å². The highest BCUT2D eigenvalue weighted by atomic mass is 79.9. The number of benzene rings is 3. The van der Waals surface area contributed by atoms with Gasteiger partial charge in [0.1, 0.15) is 0 Å². The van der Waals surface area contributed by atoms with Gasteiger partial charge in [-0.05, 0) is 47.4 Å². The second-order valence-electron chi connectivity index (χ2n) is 7.50. The molecule has 3 aromatic carbocycles. The molecule has 0 fully saturated rings. The SMILES string of the molecule is O=C(CC1c2ccccc2CCN1S(=O)(=O)c1ccc(Br)cc1)NCc1ccccc1. The smallest absolute Gasteiger partial charge is 0.243 e. The number of amides is 1. The minimum atomic E-state index is -3.75. The second-order valence-corrected chi connectivity index (χ2v) is 10.3. The van der Waals surface area contributed by atoms with Crippen LogP contribution < -0.4 is 5.32 Å². The van der Waals surface area contributed by atoms with E-state index in [1.165, 1.54) is 4.31 Å². The number of rotatable bonds is 6. The first-order chi connectivity index (χ1) is 14.9. The van der Waals surface area contributed by atoms with Crippen LogP contribution in [0.4, 0.5) is 0 Å². The van der Waals surface area contributed by atoms with Crippen LogP contribution in [0.2, 0.25) is 0 Å². The highest BCUT2D eigenvalue weighted by Crippen LogP contribution is 2.36. The monoisotopic (exact) mass is 498 g/mol. The van der Waals surface area contributed by atoms with Crippen LogP contribution in [-0.4, -0.2) is 25.2 Å². The van der Waals surface area contributed by atoms with E-state index in [-0.39, 0.29) is 17.2 Å². The van der Waals surface area contributed by atoms with E-state index in [9.17, 15) is 13.2 Å². The van der Waals surface area contributed by atoms with Crippen LogP contribution in [0.1, 0.15) is 29.2 Å². The van der Waals surface area contributed by atoms with E-state index in [0.29, 0.717) is 19.5 Å². The van der Waals surface area contributed by atoms with Crippen LogP contribution in [0.5, 0.6) is 0 Å². The fraction of sp³-hybridized carbons (Fsp3) is 0.208. The average Bonchev–Trinajstić information content (AvgIpc) is 2.79. The van der Waals surface area contributed by atoms with Gasteiger partial charge in [0.15, 0.2) is 0 Å². The molecule has 1 aliphatic rings. The maximum absolute atomic E-state index is 13.5. The first kappa shape index (κ1) is 21.7. The first-order valence-corrected chi connectivity index (χ1v) is 12.3. The Balaban J connectivity index is 1.60. The molecule has 0 saturated carbocycles. The highest BCUT2D eigenvalue weighted by molar-refractivity contribution is 9.10. The molecule has 0 aromatic heterocycles. The van der Waals surface area contributed by atoms with Crippen LogP contribution in [0.15, 0.2) is 88.2 Å². The number of hydrogen-bond acceptors (Lipinski definition) is 3. The van der Waals surface area contributed by atoms with Crippen LogP contribution in [-0.2, 0) is 27.8 Å². The van der Waals surface area contributed by atoms with Crippen molar-refractivity contribution in [2.75, 3.05) is 6.54 Å². The minimum Gasteiger partial charge on any atom is -0.352 e. The molecule has 0 radical (unpaired) electrons. The molecule has 7 heteroatoms. The summed E-state index contributed by atoms with van der Waals surface area (Å²) in [5.41, 5.74) is 2.98. The van der Waals surface area contributed by atoms with Crippen molar-refractivity contribution in [3.63, 3.8) is 0 Å². The largest absolute Gasteiger partial charge is 0.352 e. The first-order valence-electron chi connectivity index (χ1n) is 10.1. The number of fused-ring (bicyclic) bond motifs is 1. The Bertz CT molecular complexity index is 1160. The number of sulfonamides is 1. The van der Waals surface area contributed by atoms with Crippen molar-refractivity contribution >= 4 is 31.9 Å². The summed E-state index contributed by atoms with van der Waals surface area (Å²) in [5, 5.41) is 2.93. The highest BCUT2D eigenvalue weighted by Gasteiger charge is 2.37. The van der Waals surface area contributed by atoms with E-state index in [1.54, 1.807) is 24.3 Å². The zero-order valence-corrected chi connectivity index (χ0v) is 19.3. The third kappa shape index (κ3) is 4.89. The van der Waals surface area contributed by atoms with Crippen molar-refractivity contribution in [2.24, 2.45) is 0 Å². The Labute approximate surface area is 191 Å². The van der Waals surface area contributed by atoms with E-state index >= 15 is 0 Å². The van der Waals surface area contributed by atoms with E-state index in [0.717, 1.165) is 21.2 Å². The zero-order chi connectivity index (χ0) is 21.8. The fourth-order valence-corrected chi connectivity index (χ4v) is 5.78. The maximum Gasteiger partial charge on any atom is 0.243 e. The normalized spacial score (nSPS) is 16.5. The van der Waals surface area contributed by atoms with Gasteiger partial charge >= 0.3 is 0 Å². The Hall–Kier alpha value is -2.48.